The lowest BCUT2D eigenvalue weighted by molar-refractivity contribution is -0.221. The van der Waals surface area contributed by atoms with E-state index in [0.717, 1.165) is 17.2 Å². The molecular weight excluding hydrogens is 482 g/mol. The van der Waals surface area contributed by atoms with Crippen LogP contribution in [-0.4, -0.2) is 31.1 Å². The minimum absolute atomic E-state index is 0.124. The maximum absolute atomic E-state index is 12.2. The zero-order valence-corrected chi connectivity index (χ0v) is 19.5. The van der Waals surface area contributed by atoms with E-state index in [1.54, 1.807) is 24.3 Å². The van der Waals surface area contributed by atoms with Crippen LogP contribution >= 0.6 is 46.4 Å². The lowest BCUT2D eigenvalue weighted by Crippen LogP contribution is -2.53. The zero-order valence-electron chi connectivity index (χ0n) is 16.5. The van der Waals surface area contributed by atoms with Gasteiger partial charge in [0.2, 0.25) is 0 Å². The molecule has 31 heavy (non-hydrogen) atoms. The Hall–Kier alpha value is -1.27. The first-order valence-electron chi connectivity index (χ1n) is 9.77. The van der Waals surface area contributed by atoms with Gasteiger partial charge >= 0.3 is 5.97 Å². The number of hydrogen-bond donors (Lipinski definition) is 0. The average molecular weight is 502 g/mol. The van der Waals surface area contributed by atoms with Gasteiger partial charge in [-0.15, -0.1) is 0 Å². The molecule has 0 radical (unpaired) electrons. The van der Waals surface area contributed by atoms with E-state index in [9.17, 15) is 4.79 Å². The van der Waals surface area contributed by atoms with Crippen molar-refractivity contribution >= 4 is 52.4 Å². The summed E-state index contributed by atoms with van der Waals surface area (Å²) in [6.07, 6.45) is 1.26. The van der Waals surface area contributed by atoms with Crippen LogP contribution in [0.2, 0.25) is 20.1 Å². The molecule has 0 aromatic heterocycles. The molecule has 2 aliphatic heterocycles. The molecule has 2 bridgehead atoms. The van der Waals surface area contributed by atoms with Gasteiger partial charge in [-0.25, -0.2) is 4.79 Å². The third-order valence-corrected chi connectivity index (χ3v) is 6.96. The van der Waals surface area contributed by atoms with E-state index in [4.69, 9.17) is 60.6 Å². The number of hydrogen-bond acceptors (Lipinski definition) is 4. The fraction of sp³-hybridized carbons (Fsp3) is 0.348. The molecule has 0 aliphatic carbocycles. The Kier molecular flexibility index (Phi) is 6.87. The van der Waals surface area contributed by atoms with Crippen LogP contribution in [-0.2, 0) is 31.8 Å². The third kappa shape index (κ3) is 4.90. The standard InChI is InChI=1S/C23H20Cl4O4/c1-2-20(28)31-21-22-29-12-17(30-22)11-23(21,9-13-3-5-15(24)7-18(13)26)10-14-4-6-16(25)8-19(14)27/h2-8,17,21-22H,1,9-12H2/t17-,21+,22+/m0/s1. The van der Waals surface area contributed by atoms with Crippen molar-refractivity contribution in [1.29, 1.82) is 0 Å². The Morgan fingerprint density at radius 3 is 2.16 bits per heavy atom. The lowest BCUT2D eigenvalue weighted by Gasteiger charge is -2.46. The van der Waals surface area contributed by atoms with E-state index < -0.39 is 23.8 Å². The topological polar surface area (TPSA) is 44.8 Å². The zero-order chi connectivity index (χ0) is 22.2. The molecule has 4 rings (SSSR count). The minimum atomic E-state index is -0.685. The predicted molar refractivity (Wildman–Crippen MR) is 122 cm³/mol. The number of carbonyl (C=O) groups is 1. The highest BCUT2D eigenvalue weighted by molar-refractivity contribution is 6.35. The van der Waals surface area contributed by atoms with Gasteiger partial charge in [-0.2, -0.15) is 0 Å². The molecule has 0 spiro atoms. The van der Waals surface area contributed by atoms with Crippen molar-refractivity contribution < 1.29 is 19.0 Å². The molecule has 2 fully saturated rings. The van der Waals surface area contributed by atoms with Gasteiger partial charge in [0.1, 0.15) is 0 Å². The molecule has 3 atom stereocenters. The van der Waals surface area contributed by atoms with Gasteiger partial charge in [0.25, 0.3) is 0 Å². The third-order valence-electron chi connectivity index (χ3n) is 5.78. The molecule has 164 valence electrons. The fourth-order valence-corrected chi connectivity index (χ4v) is 5.40. The Morgan fingerprint density at radius 1 is 1.06 bits per heavy atom. The molecule has 2 heterocycles. The summed E-state index contributed by atoms with van der Waals surface area (Å²) in [5.41, 5.74) is 1.19. The number of benzene rings is 2. The molecule has 0 saturated carbocycles. The van der Waals surface area contributed by atoms with Crippen LogP contribution in [0.1, 0.15) is 17.5 Å². The van der Waals surface area contributed by atoms with E-state index in [1.165, 1.54) is 0 Å². The second-order valence-corrected chi connectivity index (χ2v) is 9.60. The van der Waals surface area contributed by atoms with Crippen molar-refractivity contribution in [3.05, 3.63) is 80.3 Å². The summed E-state index contributed by atoms with van der Waals surface area (Å²) in [5, 5.41) is 2.19. The van der Waals surface area contributed by atoms with Gasteiger partial charge in [-0.05, 0) is 54.7 Å². The number of esters is 1. The van der Waals surface area contributed by atoms with Gasteiger partial charge in [-0.3, -0.25) is 0 Å². The normalized spacial score (nSPS) is 24.1. The number of ether oxygens (including phenoxy) is 3. The van der Waals surface area contributed by atoms with E-state index in [0.29, 0.717) is 46.0 Å². The summed E-state index contributed by atoms with van der Waals surface area (Å²) in [6.45, 7) is 3.95. The van der Waals surface area contributed by atoms with E-state index in [2.05, 4.69) is 6.58 Å². The molecule has 0 N–H and O–H groups in total. The second-order valence-electron chi connectivity index (χ2n) is 7.91. The average Bonchev–Trinajstić information content (AvgIpc) is 3.12. The second kappa shape index (κ2) is 9.30. The predicted octanol–water partition coefficient (Wildman–Crippen LogP) is 6.31. The number of halogens is 4. The minimum Gasteiger partial charge on any atom is -0.453 e. The van der Waals surface area contributed by atoms with Crippen LogP contribution in [0.4, 0.5) is 0 Å². The molecule has 2 aromatic rings. The van der Waals surface area contributed by atoms with Gasteiger partial charge in [0.05, 0.1) is 12.7 Å². The number of fused-ring (bicyclic) bond motifs is 2. The maximum atomic E-state index is 12.2. The van der Waals surface area contributed by atoms with Crippen molar-refractivity contribution in [3.63, 3.8) is 0 Å². The number of carbonyl (C=O) groups excluding carboxylic acids is 1. The van der Waals surface area contributed by atoms with Crippen LogP contribution in [0, 0.1) is 5.41 Å². The first-order chi connectivity index (χ1) is 14.8. The molecule has 2 aromatic carbocycles. The highest BCUT2D eigenvalue weighted by atomic mass is 35.5. The Balaban J connectivity index is 1.79. The summed E-state index contributed by atoms with van der Waals surface area (Å²) in [7, 11) is 0. The van der Waals surface area contributed by atoms with Crippen LogP contribution < -0.4 is 0 Å². The molecule has 0 amide bonds. The number of rotatable bonds is 6. The largest absolute Gasteiger partial charge is 0.453 e. The van der Waals surface area contributed by atoms with Crippen LogP contribution in [0.15, 0.2) is 49.1 Å². The van der Waals surface area contributed by atoms with Crippen LogP contribution in [0.25, 0.3) is 0 Å². The highest BCUT2D eigenvalue weighted by Gasteiger charge is 2.55. The van der Waals surface area contributed by atoms with Crippen molar-refractivity contribution in [2.75, 3.05) is 6.61 Å². The Morgan fingerprint density at radius 2 is 1.65 bits per heavy atom. The van der Waals surface area contributed by atoms with E-state index in [1.807, 2.05) is 12.1 Å². The summed E-state index contributed by atoms with van der Waals surface area (Å²) >= 11 is 25.2. The van der Waals surface area contributed by atoms with Gasteiger partial charge < -0.3 is 14.2 Å². The Bertz CT molecular complexity index is 956. The molecule has 4 nitrogen and oxygen atoms in total. The lowest BCUT2D eigenvalue weighted by atomic mass is 9.67. The van der Waals surface area contributed by atoms with Gasteiger partial charge in [0, 0.05) is 31.6 Å². The molecule has 2 aliphatic rings. The van der Waals surface area contributed by atoms with Gasteiger partial charge in [0.15, 0.2) is 12.4 Å². The smallest absolute Gasteiger partial charge is 0.330 e. The first-order valence-corrected chi connectivity index (χ1v) is 11.3. The first kappa shape index (κ1) is 22.9. The van der Waals surface area contributed by atoms with E-state index in [-0.39, 0.29) is 6.10 Å². The van der Waals surface area contributed by atoms with Crippen LogP contribution in [0.5, 0.6) is 0 Å². The fourth-order valence-electron chi connectivity index (χ4n) is 4.44. The van der Waals surface area contributed by atoms with Gasteiger partial charge in [-0.1, -0.05) is 65.1 Å². The monoisotopic (exact) mass is 500 g/mol. The van der Waals surface area contributed by atoms with Crippen molar-refractivity contribution in [3.8, 4) is 0 Å². The van der Waals surface area contributed by atoms with Crippen LogP contribution in [0.3, 0.4) is 0 Å². The highest BCUT2D eigenvalue weighted by Crippen LogP contribution is 2.48. The summed E-state index contributed by atoms with van der Waals surface area (Å²) < 4.78 is 17.6. The Labute approximate surface area is 201 Å². The molecule has 2 saturated heterocycles. The van der Waals surface area contributed by atoms with Crippen molar-refractivity contribution in [2.24, 2.45) is 5.41 Å². The summed E-state index contributed by atoms with van der Waals surface area (Å²) in [5.74, 6) is -0.545. The quantitative estimate of drug-likeness (QED) is 0.343. The summed E-state index contributed by atoms with van der Waals surface area (Å²) in [4.78, 5) is 12.2. The molecular formula is C23H20Cl4O4. The SMILES string of the molecule is C=CC(=O)O[C@@H]1[C@@H]2OC[C@H](CC1(Cc1ccc(Cl)cc1Cl)Cc1ccc(Cl)cc1Cl)O2. The maximum Gasteiger partial charge on any atom is 0.330 e. The van der Waals surface area contributed by atoms with E-state index >= 15 is 0 Å². The summed E-state index contributed by atoms with van der Waals surface area (Å²) in [6, 6.07) is 10.8. The van der Waals surface area contributed by atoms with Crippen molar-refractivity contribution in [1.82, 2.24) is 0 Å². The molecule has 8 heteroatoms. The van der Waals surface area contributed by atoms with Crippen molar-refractivity contribution in [2.45, 2.75) is 37.8 Å². The molecule has 0 unspecified atom stereocenters.